The maximum atomic E-state index is 12.3. The molecule has 1 amide bonds. The van der Waals surface area contributed by atoms with E-state index in [-0.39, 0.29) is 16.2 Å². The van der Waals surface area contributed by atoms with Gasteiger partial charge in [0.15, 0.2) is 0 Å². The Balaban J connectivity index is 3.01. The molecule has 1 rings (SSSR count). The Kier molecular flexibility index (Phi) is 4.36. The lowest BCUT2D eigenvalue weighted by Crippen LogP contribution is -2.42. The predicted octanol–water partition coefficient (Wildman–Crippen LogP) is 1.36. The molecule has 104 valence electrons. The van der Waals surface area contributed by atoms with Gasteiger partial charge in [0.05, 0.1) is 5.56 Å². The summed E-state index contributed by atoms with van der Waals surface area (Å²) in [7, 11) is 0. The van der Waals surface area contributed by atoms with Crippen molar-refractivity contribution in [2.45, 2.75) is 6.18 Å². The summed E-state index contributed by atoms with van der Waals surface area (Å²) in [5.74, 6) is -2.61. The lowest BCUT2D eigenvalue weighted by Gasteiger charge is -2.22. The minimum Gasteiger partial charge on any atom is -0.480 e. The number of carbonyl (C=O) groups is 2. The molecule has 0 bridgehead atoms. The molecule has 1 aromatic rings. The van der Waals surface area contributed by atoms with E-state index in [0.717, 1.165) is 0 Å². The van der Waals surface area contributed by atoms with Crippen molar-refractivity contribution in [1.82, 2.24) is 4.90 Å². The van der Waals surface area contributed by atoms with Crippen molar-refractivity contribution in [3.8, 4) is 0 Å². The zero-order chi connectivity index (χ0) is 14.6. The first-order chi connectivity index (χ1) is 8.70. The molecule has 19 heavy (non-hydrogen) atoms. The molecule has 0 unspecified atom stereocenters. The number of para-hydroxylation sites is 1. The Labute approximate surface area is 106 Å². The van der Waals surface area contributed by atoms with Gasteiger partial charge in [-0.05, 0) is 12.1 Å². The van der Waals surface area contributed by atoms with Gasteiger partial charge in [0, 0.05) is 5.69 Å². The van der Waals surface area contributed by atoms with Crippen molar-refractivity contribution in [2.24, 2.45) is 0 Å². The molecule has 0 atom stereocenters. The van der Waals surface area contributed by atoms with Gasteiger partial charge < -0.3 is 15.7 Å². The second kappa shape index (κ2) is 5.59. The van der Waals surface area contributed by atoms with Crippen LogP contribution in [-0.2, 0) is 4.79 Å². The molecule has 0 heterocycles. The Bertz CT molecular complexity index is 488. The SMILES string of the molecule is Nc1ccccc1C(=O)N(CC(=O)O)CC(F)(F)F. The van der Waals surface area contributed by atoms with Crippen LogP contribution in [0.25, 0.3) is 0 Å². The highest BCUT2D eigenvalue weighted by molar-refractivity contribution is 6.00. The van der Waals surface area contributed by atoms with E-state index in [0.29, 0.717) is 0 Å². The Hall–Kier alpha value is -2.25. The second-order valence-electron chi connectivity index (χ2n) is 3.76. The van der Waals surface area contributed by atoms with E-state index in [4.69, 9.17) is 10.8 Å². The van der Waals surface area contributed by atoms with Crippen LogP contribution in [0, 0.1) is 0 Å². The second-order valence-corrected chi connectivity index (χ2v) is 3.76. The predicted molar refractivity (Wildman–Crippen MR) is 60.4 cm³/mol. The van der Waals surface area contributed by atoms with Crippen molar-refractivity contribution in [3.05, 3.63) is 29.8 Å². The topological polar surface area (TPSA) is 83.6 Å². The first-order valence-corrected chi connectivity index (χ1v) is 5.13. The summed E-state index contributed by atoms with van der Waals surface area (Å²) in [6.07, 6.45) is -4.69. The van der Waals surface area contributed by atoms with E-state index in [9.17, 15) is 22.8 Å². The van der Waals surface area contributed by atoms with E-state index in [1.807, 2.05) is 0 Å². The van der Waals surface area contributed by atoms with Crippen molar-refractivity contribution >= 4 is 17.6 Å². The first-order valence-electron chi connectivity index (χ1n) is 5.13. The third kappa shape index (κ3) is 4.49. The normalized spacial score (nSPS) is 11.1. The summed E-state index contributed by atoms with van der Waals surface area (Å²) in [6.45, 7) is -2.70. The number of rotatable bonds is 4. The van der Waals surface area contributed by atoms with E-state index in [2.05, 4.69) is 0 Å². The van der Waals surface area contributed by atoms with Crippen LogP contribution in [0.2, 0.25) is 0 Å². The first kappa shape index (κ1) is 14.8. The molecular weight excluding hydrogens is 265 g/mol. The number of amides is 1. The molecule has 8 heteroatoms. The number of carbonyl (C=O) groups excluding carboxylic acids is 1. The number of carboxylic acid groups (broad SMARTS) is 1. The minimum atomic E-state index is -4.69. The third-order valence-corrected chi connectivity index (χ3v) is 2.17. The molecule has 0 fully saturated rings. The zero-order valence-corrected chi connectivity index (χ0v) is 9.65. The maximum Gasteiger partial charge on any atom is 0.406 e. The van der Waals surface area contributed by atoms with Gasteiger partial charge in [-0.2, -0.15) is 13.2 Å². The van der Waals surface area contributed by atoms with Crippen molar-refractivity contribution in [3.63, 3.8) is 0 Å². The number of nitrogens with two attached hydrogens (primary N) is 1. The quantitative estimate of drug-likeness (QED) is 0.813. The molecule has 0 aliphatic carbocycles. The molecule has 1 aromatic carbocycles. The highest BCUT2D eigenvalue weighted by atomic mass is 19.4. The number of nitrogens with zero attached hydrogens (tertiary/aromatic N) is 1. The van der Waals surface area contributed by atoms with Crippen molar-refractivity contribution < 1.29 is 27.9 Å². The van der Waals surface area contributed by atoms with Gasteiger partial charge in [-0.1, -0.05) is 12.1 Å². The highest BCUT2D eigenvalue weighted by Gasteiger charge is 2.34. The van der Waals surface area contributed by atoms with E-state index < -0.39 is 31.1 Å². The summed E-state index contributed by atoms with van der Waals surface area (Å²) < 4.78 is 36.9. The zero-order valence-electron chi connectivity index (χ0n) is 9.65. The summed E-state index contributed by atoms with van der Waals surface area (Å²) in [5.41, 5.74) is 5.31. The number of halogens is 3. The number of aliphatic carboxylic acids is 1. The average molecular weight is 276 g/mol. The Morgan fingerprint density at radius 3 is 2.32 bits per heavy atom. The van der Waals surface area contributed by atoms with Crippen LogP contribution >= 0.6 is 0 Å². The smallest absolute Gasteiger partial charge is 0.406 e. The fourth-order valence-corrected chi connectivity index (χ4v) is 1.44. The van der Waals surface area contributed by atoms with Crippen LogP contribution in [-0.4, -0.2) is 41.1 Å². The van der Waals surface area contributed by atoms with Crippen LogP contribution in [0.4, 0.5) is 18.9 Å². The standard InChI is InChI=1S/C11H11F3N2O3/c12-11(13,14)6-16(5-9(17)18)10(19)7-3-1-2-4-8(7)15/h1-4H,5-6,15H2,(H,17,18). The maximum absolute atomic E-state index is 12.3. The summed E-state index contributed by atoms with van der Waals surface area (Å²) in [5, 5.41) is 8.55. The van der Waals surface area contributed by atoms with Crippen LogP contribution in [0.15, 0.2) is 24.3 Å². The van der Waals surface area contributed by atoms with Gasteiger partial charge in [-0.3, -0.25) is 9.59 Å². The fourth-order valence-electron chi connectivity index (χ4n) is 1.44. The van der Waals surface area contributed by atoms with Crippen molar-refractivity contribution in [2.75, 3.05) is 18.8 Å². The number of anilines is 1. The average Bonchev–Trinajstić information content (AvgIpc) is 2.25. The molecule has 0 aromatic heterocycles. The number of carboxylic acids is 1. The molecule has 0 saturated carbocycles. The lowest BCUT2D eigenvalue weighted by atomic mass is 10.1. The largest absolute Gasteiger partial charge is 0.480 e. The van der Waals surface area contributed by atoms with E-state index >= 15 is 0 Å². The third-order valence-electron chi connectivity index (χ3n) is 2.17. The van der Waals surface area contributed by atoms with Crippen LogP contribution in [0.1, 0.15) is 10.4 Å². The van der Waals surface area contributed by atoms with Crippen LogP contribution in [0.3, 0.4) is 0 Å². The number of hydrogen-bond donors (Lipinski definition) is 2. The van der Waals surface area contributed by atoms with Crippen LogP contribution in [0.5, 0.6) is 0 Å². The van der Waals surface area contributed by atoms with Gasteiger partial charge in [0.25, 0.3) is 5.91 Å². The van der Waals surface area contributed by atoms with Crippen molar-refractivity contribution in [1.29, 1.82) is 0 Å². The Morgan fingerprint density at radius 2 is 1.84 bits per heavy atom. The van der Waals surface area contributed by atoms with Gasteiger partial charge in [-0.25, -0.2) is 0 Å². The number of alkyl halides is 3. The molecule has 0 aliphatic heterocycles. The number of benzene rings is 1. The molecule has 5 nitrogen and oxygen atoms in total. The van der Waals surface area contributed by atoms with E-state index in [1.165, 1.54) is 24.3 Å². The molecule has 3 N–H and O–H groups in total. The number of nitrogen functional groups attached to an aromatic ring is 1. The van der Waals surface area contributed by atoms with E-state index in [1.54, 1.807) is 0 Å². The molecule has 0 radical (unpaired) electrons. The van der Waals surface area contributed by atoms with Crippen LogP contribution < -0.4 is 5.73 Å². The summed E-state index contributed by atoms with van der Waals surface area (Å²) >= 11 is 0. The lowest BCUT2D eigenvalue weighted by molar-refractivity contribution is -0.149. The fraction of sp³-hybridized carbons (Fsp3) is 0.273. The molecule has 0 aliphatic rings. The van der Waals surface area contributed by atoms with Gasteiger partial charge in [0.1, 0.15) is 13.1 Å². The van der Waals surface area contributed by atoms with Gasteiger partial charge >= 0.3 is 12.1 Å². The monoisotopic (exact) mass is 276 g/mol. The molecule has 0 spiro atoms. The number of hydrogen-bond acceptors (Lipinski definition) is 3. The molecular formula is C11H11F3N2O3. The minimum absolute atomic E-state index is 0.00920. The van der Waals surface area contributed by atoms with Gasteiger partial charge in [-0.15, -0.1) is 0 Å². The molecule has 0 saturated heterocycles. The summed E-state index contributed by atoms with van der Waals surface area (Å²) in [6, 6.07) is 5.52. The van der Waals surface area contributed by atoms with Gasteiger partial charge in [0.2, 0.25) is 0 Å². The Morgan fingerprint density at radius 1 is 1.26 bits per heavy atom. The summed E-state index contributed by atoms with van der Waals surface area (Å²) in [4.78, 5) is 22.6. The highest BCUT2D eigenvalue weighted by Crippen LogP contribution is 2.20.